The van der Waals surface area contributed by atoms with Gasteiger partial charge in [-0.15, -0.1) is 0 Å². The van der Waals surface area contributed by atoms with Crippen molar-refractivity contribution in [3.63, 3.8) is 0 Å². The van der Waals surface area contributed by atoms with E-state index in [1.807, 2.05) is 136 Å². The maximum absolute atomic E-state index is 11.7. The van der Waals surface area contributed by atoms with Crippen LogP contribution < -0.4 is 0 Å². The normalized spacial score (nSPS) is 15.2. The van der Waals surface area contributed by atoms with Gasteiger partial charge in [-0.05, 0) is 160 Å². The molecule has 3 aromatic carbocycles. The highest BCUT2D eigenvalue weighted by atomic mass is 16.3. The van der Waals surface area contributed by atoms with Crippen LogP contribution >= 0.6 is 0 Å². The monoisotopic (exact) mass is 606 g/mol. The van der Waals surface area contributed by atoms with E-state index in [-0.39, 0.29) is 23.4 Å². The van der Waals surface area contributed by atoms with Gasteiger partial charge in [-0.25, -0.2) is 0 Å². The molecule has 45 heavy (non-hydrogen) atoms. The Balaban J connectivity index is 0.000000195. The zero-order valence-electron chi connectivity index (χ0n) is 28.2. The second kappa shape index (κ2) is 14.4. The van der Waals surface area contributed by atoms with Crippen LogP contribution in [0.4, 0.5) is 0 Å². The molecule has 0 fully saturated rings. The van der Waals surface area contributed by atoms with Crippen LogP contribution in [0.1, 0.15) is 61.1 Å². The number of phenolic OH excluding ortho intramolecular Hbond substituents is 3. The molecule has 0 heterocycles. The fourth-order valence-corrected chi connectivity index (χ4v) is 5.67. The highest BCUT2D eigenvalue weighted by molar-refractivity contribution is 6.09. The largest absolute Gasteiger partial charge is 0.507 e. The number of phenols is 3. The highest BCUT2D eigenvalue weighted by Gasteiger charge is 2.25. The molecule has 236 valence electrons. The Hall–Kier alpha value is -4.64. The Morgan fingerprint density at radius 2 is 0.667 bits per heavy atom. The molecule has 3 aromatic rings. The fraction of sp³-hybridized carbons (Fsp3) is 0.300. The second-order valence-corrected chi connectivity index (χ2v) is 12.4. The summed E-state index contributed by atoms with van der Waals surface area (Å²) in [6, 6.07) is 13.6. The lowest BCUT2D eigenvalue weighted by Crippen LogP contribution is -2.20. The second-order valence-electron chi connectivity index (χ2n) is 12.4. The number of carbonyl (C=O) groups excluding carboxylic acids is 2. The van der Waals surface area contributed by atoms with Gasteiger partial charge in [-0.3, -0.25) is 9.59 Å². The third-order valence-corrected chi connectivity index (χ3v) is 8.40. The van der Waals surface area contributed by atoms with E-state index < -0.39 is 0 Å². The average molecular weight is 607 g/mol. The van der Waals surface area contributed by atoms with E-state index >= 15 is 0 Å². The van der Waals surface area contributed by atoms with Crippen molar-refractivity contribution in [3.05, 3.63) is 122 Å². The number of allylic oxidation sites excluding steroid dienone is 8. The molecule has 5 rings (SSSR count). The van der Waals surface area contributed by atoms with E-state index in [1.54, 1.807) is 0 Å². The maximum Gasteiger partial charge on any atom is 0.183 e. The van der Waals surface area contributed by atoms with Crippen LogP contribution in [0, 0.1) is 53.4 Å². The van der Waals surface area contributed by atoms with Gasteiger partial charge in [0.05, 0.1) is 0 Å². The fourth-order valence-electron chi connectivity index (χ4n) is 5.67. The van der Waals surface area contributed by atoms with Crippen molar-refractivity contribution in [2.75, 3.05) is 0 Å². The van der Waals surface area contributed by atoms with Crippen LogP contribution in [-0.4, -0.2) is 26.9 Å². The van der Waals surface area contributed by atoms with Crippen LogP contribution in [0.2, 0.25) is 0 Å². The van der Waals surface area contributed by atoms with E-state index in [1.165, 1.54) is 0 Å². The zero-order valence-corrected chi connectivity index (χ0v) is 28.2. The molecule has 0 saturated heterocycles. The molecule has 0 amide bonds. The van der Waals surface area contributed by atoms with E-state index in [0.29, 0.717) is 17.2 Å². The molecule has 0 saturated carbocycles. The Kier molecular flexibility index (Phi) is 11.2. The molecular formula is C40H46O5. The lowest BCUT2D eigenvalue weighted by molar-refractivity contribution is -0.113. The number of hydrogen-bond donors (Lipinski definition) is 3. The predicted octanol–water partition coefficient (Wildman–Crippen LogP) is 9.18. The van der Waals surface area contributed by atoms with E-state index in [2.05, 4.69) is 0 Å². The Morgan fingerprint density at radius 3 is 0.911 bits per heavy atom. The summed E-state index contributed by atoms with van der Waals surface area (Å²) < 4.78 is 0. The maximum atomic E-state index is 11.7. The molecule has 2 aliphatic carbocycles. The van der Waals surface area contributed by atoms with Gasteiger partial charge < -0.3 is 15.3 Å². The minimum Gasteiger partial charge on any atom is -0.507 e. The standard InChI is InChI=1S/2C16H18O2.C8H10O/c2*1-9-5-13(6-10(2)15(9)17)14-7-11(3)16(18)12(4)8-14;1-6-4-3-5-7(2)8(6)9/h5-8,17-18H,1-4H3;5-8,13-14H,1-4H3;3-5,9H,1-2H3. The number of carbonyl (C=O) groups is 2. The highest BCUT2D eigenvalue weighted by Crippen LogP contribution is 2.33. The Bertz CT molecular complexity index is 1550. The lowest BCUT2D eigenvalue weighted by atomic mass is 9.79. The van der Waals surface area contributed by atoms with Crippen molar-refractivity contribution in [2.24, 2.45) is 11.8 Å². The molecule has 0 atom stereocenters. The number of benzene rings is 3. The first-order valence-electron chi connectivity index (χ1n) is 15.2. The molecule has 0 aliphatic heterocycles. The SMILES string of the molecule is CC1=CC(C2C=C(C)C(=O)C(C)=C2)C=C(C)C1=O.Cc1cc(-c2cc(C)c(O)c(C)c2)cc(C)c1O.Cc1cccc(C)c1O. The number of aryl methyl sites for hydroxylation is 6. The minimum atomic E-state index is 0.125. The molecule has 0 unspecified atom stereocenters. The van der Waals surface area contributed by atoms with E-state index in [0.717, 1.165) is 66.8 Å². The number of Topliss-reactive ketones (excluding diaryl/α,β-unsaturated/α-hetero) is 2. The molecule has 5 nitrogen and oxygen atoms in total. The summed E-state index contributed by atoms with van der Waals surface area (Å²) in [4.78, 5) is 23.4. The van der Waals surface area contributed by atoms with Crippen LogP contribution in [0.25, 0.3) is 11.1 Å². The van der Waals surface area contributed by atoms with Crippen molar-refractivity contribution in [3.8, 4) is 28.4 Å². The van der Waals surface area contributed by atoms with Crippen molar-refractivity contribution in [1.29, 1.82) is 0 Å². The molecular weight excluding hydrogens is 560 g/mol. The van der Waals surface area contributed by atoms with Crippen LogP contribution in [0.5, 0.6) is 17.2 Å². The average Bonchev–Trinajstić information content (AvgIpc) is 2.98. The van der Waals surface area contributed by atoms with Crippen LogP contribution in [0.15, 0.2) is 89.1 Å². The summed E-state index contributed by atoms with van der Waals surface area (Å²) in [5, 5.41) is 28.8. The van der Waals surface area contributed by atoms with Crippen molar-refractivity contribution in [2.45, 2.75) is 69.2 Å². The summed E-state index contributed by atoms with van der Waals surface area (Å²) in [6.07, 6.45) is 8.01. The van der Waals surface area contributed by atoms with Gasteiger partial charge in [-0.1, -0.05) is 42.5 Å². The number of ketones is 2. The summed E-state index contributed by atoms with van der Waals surface area (Å²) in [5.41, 5.74) is 10.7. The van der Waals surface area contributed by atoms with Gasteiger partial charge in [0.15, 0.2) is 11.6 Å². The van der Waals surface area contributed by atoms with Gasteiger partial charge in [0.25, 0.3) is 0 Å². The van der Waals surface area contributed by atoms with Crippen LogP contribution in [0.3, 0.4) is 0 Å². The van der Waals surface area contributed by atoms with Crippen LogP contribution in [-0.2, 0) is 9.59 Å². The third kappa shape index (κ3) is 8.30. The summed E-state index contributed by atoms with van der Waals surface area (Å²) in [5.74, 6) is 1.73. The summed E-state index contributed by atoms with van der Waals surface area (Å²) in [6.45, 7) is 18.8. The van der Waals surface area contributed by atoms with Crippen molar-refractivity contribution >= 4 is 11.6 Å². The topological polar surface area (TPSA) is 94.8 Å². The smallest absolute Gasteiger partial charge is 0.183 e. The minimum absolute atomic E-state index is 0.125. The number of rotatable bonds is 2. The first-order valence-corrected chi connectivity index (χ1v) is 15.2. The molecule has 0 bridgehead atoms. The molecule has 0 aromatic heterocycles. The third-order valence-electron chi connectivity index (χ3n) is 8.40. The molecule has 0 spiro atoms. The van der Waals surface area contributed by atoms with E-state index in [4.69, 9.17) is 0 Å². The quantitative estimate of drug-likeness (QED) is 0.270. The number of para-hydroxylation sites is 1. The van der Waals surface area contributed by atoms with Crippen molar-refractivity contribution < 1.29 is 24.9 Å². The van der Waals surface area contributed by atoms with Gasteiger partial charge in [0.2, 0.25) is 0 Å². The number of aromatic hydroxyl groups is 3. The molecule has 0 radical (unpaired) electrons. The molecule has 2 aliphatic rings. The first-order chi connectivity index (χ1) is 21.0. The Morgan fingerprint density at radius 1 is 0.422 bits per heavy atom. The Labute approximate surface area is 268 Å². The summed E-state index contributed by atoms with van der Waals surface area (Å²) >= 11 is 0. The first kappa shape index (κ1) is 34.8. The van der Waals surface area contributed by atoms with Gasteiger partial charge >= 0.3 is 0 Å². The van der Waals surface area contributed by atoms with Crippen molar-refractivity contribution in [1.82, 2.24) is 0 Å². The number of hydrogen-bond acceptors (Lipinski definition) is 5. The van der Waals surface area contributed by atoms with Gasteiger partial charge in [-0.2, -0.15) is 0 Å². The zero-order chi connectivity index (χ0) is 33.7. The summed E-state index contributed by atoms with van der Waals surface area (Å²) in [7, 11) is 0. The van der Waals surface area contributed by atoms with Gasteiger partial charge in [0, 0.05) is 11.8 Å². The molecule has 5 heteroatoms. The van der Waals surface area contributed by atoms with E-state index in [9.17, 15) is 24.9 Å². The molecule has 3 N–H and O–H groups in total. The van der Waals surface area contributed by atoms with Gasteiger partial charge in [0.1, 0.15) is 17.2 Å². The lowest BCUT2D eigenvalue weighted by Gasteiger charge is -2.24. The predicted molar refractivity (Wildman–Crippen MR) is 184 cm³/mol.